The molecule has 0 amide bonds. The molecule has 1 unspecified atom stereocenters. The van der Waals surface area contributed by atoms with Crippen LogP contribution in [0, 0.1) is 26.7 Å². The third-order valence-electron chi connectivity index (χ3n) is 3.26. The van der Waals surface area contributed by atoms with Gasteiger partial charge in [0.15, 0.2) is 0 Å². The van der Waals surface area contributed by atoms with E-state index in [0.717, 1.165) is 6.42 Å². The normalized spacial score (nSPS) is 12.5. The number of aliphatic carboxylic acids is 1. The molecule has 2 nitrogen and oxygen atoms in total. The number of aryl methyl sites for hydroxylation is 1. The zero-order valence-corrected chi connectivity index (χ0v) is 10.5. The van der Waals surface area contributed by atoms with Crippen molar-refractivity contribution >= 4 is 5.97 Å². The van der Waals surface area contributed by atoms with Gasteiger partial charge in [-0.1, -0.05) is 19.1 Å². The summed E-state index contributed by atoms with van der Waals surface area (Å²) in [4.78, 5) is 10.6. The van der Waals surface area contributed by atoms with Gasteiger partial charge in [0.2, 0.25) is 0 Å². The molecule has 1 aromatic rings. The fourth-order valence-corrected chi connectivity index (χ4v) is 1.98. The number of carboxylic acid groups (broad SMARTS) is 1. The molecule has 88 valence electrons. The van der Waals surface area contributed by atoms with Crippen LogP contribution in [-0.2, 0) is 11.2 Å². The molecule has 0 spiro atoms. The molecule has 2 heteroatoms. The van der Waals surface area contributed by atoms with Crippen LogP contribution in [-0.4, -0.2) is 11.1 Å². The highest BCUT2D eigenvalue weighted by molar-refractivity contribution is 5.67. The van der Waals surface area contributed by atoms with Crippen molar-refractivity contribution in [2.75, 3.05) is 0 Å². The Kier molecular flexibility index (Phi) is 4.11. The summed E-state index contributed by atoms with van der Waals surface area (Å²) in [6, 6.07) is 4.24. The Balaban J connectivity index is 2.82. The lowest BCUT2D eigenvalue weighted by Crippen LogP contribution is -2.08. The lowest BCUT2D eigenvalue weighted by atomic mass is 9.91. The van der Waals surface area contributed by atoms with Gasteiger partial charge >= 0.3 is 5.97 Å². The van der Waals surface area contributed by atoms with Crippen molar-refractivity contribution in [3.05, 3.63) is 34.4 Å². The van der Waals surface area contributed by atoms with Crippen LogP contribution in [0.15, 0.2) is 12.1 Å². The molecule has 0 radical (unpaired) electrons. The van der Waals surface area contributed by atoms with Crippen LogP contribution in [0.25, 0.3) is 0 Å². The minimum absolute atomic E-state index is 0.193. The fourth-order valence-electron chi connectivity index (χ4n) is 1.98. The lowest BCUT2D eigenvalue weighted by Gasteiger charge is -2.14. The zero-order chi connectivity index (χ0) is 12.3. The largest absolute Gasteiger partial charge is 0.481 e. The van der Waals surface area contributed by atoms with Crippen molar-refractivity contribution < 1.29 is 9.90 Å². The SMILES string of the molecule is Cc1ccc(CC(C)CC(=O)O)c(C)c1C. The Morgan fingerprint density at radius 1 is 1.25 bits per heavy atom. The van der Waals surface area contributed by atoms with Gasteiger partial charge in [-0.05, 0) is 55.4 Å². The van der Waals surface area contributed by atoms with Gasteiger partial charge in [-0.25, -0.2) is 0 Å². The van der Waals surface area contributed by atoms with E-state index in [9.17, 15) is 4.79 Å². The van der Waals surface area contributed by atoms with Crippen LogP contribution >= 0.6 is 0 Å². The summed E-state index contributed by atoms with van der Waals surface area (Å²) in [5.74, 6) is -0.521. The molecule has 0 fully saturated rings. The molecular weight excluding hydrogens is 200 g/mol. The highest BCUT2D eigenvalue weighted by atomic mass is 16.4. The molecule has 0 aliphatic carbocycles. The molecule has 0 aliphatic heterocycles. The molecule has 0 bridgehead atoms. The predicted molar refractivity (Wildman–Crippen MR) is 65.8 cm³/mol. The standard InChI is InChI=1S/C14H20O2/c1-9(8-14(15)16)7-13-6-5-10(2)11(3)12(13)4/h5-6,9H,7-8H2,1-4H3,(H,15,16). The first kappa shape index (κ1) is 12.8. The van der Waals surface area contributed by atoms with Gasteiger partial charge in [0.05, 0.1) is 0 Å². The fraction of sp³-hybridized carbons (Fsp3) is 0.500. The maximum atomic E-state index is 10.6. The van der Waals surface area contributed by atoms with Crippen LogP contribution in [0.2, 0.25) is 0 Å². The summed E-state index contributed by atoms with van der Waals surface area (Å²) in [5.41, 5.74) is 5.20. The smallest absolute Gasteiger partial charge is 0.303 e. The number of benzene rings is 1. The maximum absolute atomic E-state index is 10.6. The monoisotopic (exact) mass is 220 g/mol. The Hall–Kier alpha value is -1.31. The van der Waals surface area contributed by atoms with E-state index in [-0.39, 0.29) is 12.3 Å². The molecule has 1 N–H and O–H groups in total. The van der Waals surface area contributed by atoms with Gasteiger partial charge in [-0.15, -0.1) is 0 Å². The van der Waals surface area contributed by atoms with Crippen molar-refractivity contribution in [2.45, 2.75) is 40.5 Å². The van der Waals surface area contributed by atoms with E-state index in [1.54, 1.807) is 0 Å². The average Bonchev–Trinajstić information content (AvgIpc) is 2.18. The molecule has 1 atom stereocenters. The third-order valence-corrected chi connectivity index (χ3v) is 3.26. The summed E-state index contributed by atoms with van der Waals surface area (Å²) in [7, 11) is 0. The Morgan fingerprint density at radius 3 is 2.44 bits per heavy atom. The molecule has 0 aliphatic rings. The topological polar surface area (TPSA) is 37.3 Å². The van der Waals surface area contributed by atoms with Gasteiger partial charge in [-0.3, -0.25) is 4.79 Å². The van der Waals surface area contributed by atoms with Crippen molar-refractivity contribution in [1.82, 2.24) is 0 Å². The molecule has 16 heavy (non-hydrogen) atoms. The number of hydrogen-bond donors (Lipinski definition) is 1. The first-order valence-electron chi connectivity index (χ1n) is 5.69. The van der Waals surface area contributed by atoms with Gasteiger partial charge in [-0.2, -0.15) is 0 Å². The van der Waals surface area contributed by atoms with Crippen molar-refractivity contribution in [3.63, 3.8) is 0 Å². The second-order valence-electron chi connectivity index (χ2n) is 4.70. The third kappa shape index (κ3) is 3.09. The van der Waals surface area contributed by atoms with Gasteiger partial charge in [0.1, 0.15) is 0 Å². The van der Waals surface area contributed by atoms with Crippen molar-refractivity contribution in [2.24, 2.45) is 5.92 Å². The predicted octanol–water partition coefficient (Wildman–Crippen LogP) is 3.27. The second kappa shape index (κ2) is 5.15. The quantitative estimate of drug-likeness (QED) is 0.845. The van der Waals surface area contributed by atoms with Crippen LogP contribution < -0.4 is 0 Å². The highest BCUT2D eigenvalue weighted by Crippen LogP contribution is 2.21. The highest BCUT2D eigenvalue weighted by Gasteiger charge is 2.11. The number of carboxylic acids is 1. The molecule has 1 aromatic carbocycles. The number of carbonyl (C=O) groups is 1. The lowest BCUT2D eigenvalue weighted by molar-refractivity contribution is -0.137. The summed E-state index contributed by atoms with van der Waals surface area (Å²) in [5, 5.41) is 8.73. The van der Waals surface area contributed by atoms with Gasteiger partial charge in [0, 0.05) is 6.42 Å². The number of rotatable bonds is 4. The second-order valence-corrected chi connectivity index (χ2v) is 4.70. The van der Waals surface area contributed by atoms with Crippen LogP contribution in [0.4, 0.5) is 0 Å². The van der Waals surface area contributed by atoms with E-state index in [2.05, 4.69) is 32.9 Å². The summed E-state index contributed by atoms with van der Waals surface area (Å²) >= 11 is 0. The van der Waals surface area contributed by atoms with E-state index in [1.807, 2.05) is 6.92 Å². The molecule has 0 aromatic heterocycles. The average molecular weight is 220 g/mol. The summed E-state index contributed by atoms with van der Waals surface area (Å²) in [6.45, 7) is 8.33. The minimum Gasteiger partial charge on any atom is -0.481 e. The Labute approximate surface area is 97.3 Å². The van der Waals surface area contributed by atoms with E-state index in [1.165, 1.54) is 22.3 Å². The van der Waals surface area contributed by atoms with Crippen LogP contribution in [0.3, 0.4) is 0 Å². The van der Waals surface area contributed by atoms with E-state index < -0.39 is 5.97 Å². The van der Waals surface area contributed by atoms with Crippen LogP contribution in [0.1, 0.15) is 35.6 Å². The Bertz CT molecular complexity index is 394. The van der Waals surface area contributed by atoms with Gasteiger partial charge in [0.25, 0.3) is 0 Å². The minimum atomic E-state index is -0.714. The van der Waals surface area contributed by atoms with E-state index in [0.29, 0.717) is 0 Å². The van der Waals surface area contributed by atoms with Gasteiger partial charge < -0.3 is 5.11 Å². The summed E-state index contributed by atoms with van der Waals surface area (Å²) in [6.07, 6.45) is 1.09. The molecule has 0 saturated heterocycles. The molecule has 0 saturated carbocycles. The Morgan fingerprint density at radius 2 is 1.88 bits per heavy atom. The summed E-state index contributed by atoms with van der Waals surface area (Å²) < 4.78 is 0. The molecule has 1 rings (SSSR count). The van der Waals surface area contributed by atoms with E-state index in [4.69, 9.17) is 5.11 Å². The molecule has 0 heterocycles. The zero-order valence-electron chi connectivity index (χ0n) is 10.5. The first-order valence-corrected chi connectivity index (χ1v) is 5.69. The maximum Gasteiger partial charge on any atom is 0.303 e. The van der Waals surface area contributed by atoms with Crippen molar-refractivity contribution in [1.29, 1.82) is 0 Å². The first-order chi connectivity index (χ1) is 7.41. The number of hydrogen-bond acceptors (Lipinski definition) is 1. The van der Waals surface area contributed by atoms with Crippen molar-refractivity contribution in [3.8, 4) is 0 Å². The van der Waals surface area contributed by atoms with E-state index >= 15 is 0 Å². The van der Waals surface area contributed by atoms with Crippen LogP contribution in [0.5, 0.6) is 0 Å². The molecular formula is C14H20O2.